The molecule has 0 aliphatic heterocycles. The molecule has 0 aliphatic carbocycles. The summed E-state index contributed by atoms with van der Waals surface area (Å²) in [6, 6.07) is 69.2. The van der Waals surface area contributed by atoms with Crippen LogP contribution >= 0.6 is 0 Å². The first-order valence-corrected chi connectivity index (χ1v) is 18.4. The summed E-state index contributed by atoms with van der Waals surface area (Å²) in [5.74, 6) is 0.916. The van der Waals surface area contributed by atoms with Crippen LogP contribution in [0.25, 0.3) is 105 Å². The van der Waals surface area contributed by atoms with Gasteiger partial charge < -0.3 is 4.42 Å². The molecule has 0 radical (unpaired) electrons. The van der Waals surface area contributed by atoms with Crippen molar-refractivity contribution in [3.8, 4) is 50.5 Å². The van der Waals surface area contributed by atoms with Crippen LogP contribution in [0.5, 0.6) is 0 Å². The van der Waals surface area contributed by atoms with Gasteiger partial charge in [0.1, 0.15) is 17.0 Å². The van der Waals surface area contributed by atoms with Gasteiger partial charge in [-0.05, 0) is 85.8 Å². The molecule has 54 heavy (non-hydrogen) atoms. The Morgan fingerprint density at radius 3 is 1.80 bits per heavy atom. The van der Waals surface area contributed by atoms with Gasteiger partial charge in [-0.1, -0.05) is 158 Å². The topological polar surface area (TPSA) is 31.0 Å². The molecule has 0 amide bonds. The molecule has 0 N–H and O–H groups in total. The van der Waals surface area contributed by atoms with E-state index in [-0.39, 0.29) is 0 Å². The maximum atomic E-state index is 6.46. The smallest absolute Gasteiger partial charge is 0.145 e. The summed E-state index contributed by atoms with van der Waals surface area (Å²) in [6.45, 7) is 0. The Morgan fingerprint density at radius 1 is 0.389 bits per heavy atom. The third kappa shape index (κ3) is 4.65. The van der Waals surface area contributed by atoms with Gasteiger partial charge in [0, 0.05) is 21.9 Å². The van der Waals surface area contributed by atoms with Gasteiger partial charge in [0.2, 0.25) is 0 Å². The summed E-state index contributed by atoms with van der Waals surface area (Å²) in [4.78, 5) is 5.22. The molecule has 0 unspecified atom stereocenters. The van der Waals surface area contributed by atoms with Crippen molar-refractivity contribution in [3.63, 3.8) is 0 Å². The standard InChI is InChI=1S/C51H32N2O/c1-3-16-33(17-4-1)35-30-31-38-42(32-35)49(41-24-15-29-47-50(41)40-23-10-14-28-46(40)54-47)37-21-8-7-20-36(37)48(38)39-22-9-12-26-44(39)53-45-27-13-11-25-43(45)52-51(53)34-18-5-2-6-19-34/h1-32H. The number of para-hydroxylation sites is 4. The Hall–Kier alpha value is -7.23. The third-order valence-electron chi connectivity index (χ3n) is 10.8. The molecular formula is C51H32N2O. The largest absolute Gasteiger partial charge is 0.456 e. The van der Waals surface area contributed by atoms with E-state index in [1.165, 1.54) is 43.8 Å². The van der Waals surface area contributed by atoms with Gasteiger partial charge in [-0.15, -0.1) is 0 Å². The number of nitrogens with zero attached hydrogens (tertiary/aromatic N) is 2. The van der Waals surface area contributed by atoms with E-state index in [0.29, 0.717) is 0 Å². The molecule has 3 nitrogen and oxygen atoms in total. The highest BCUT2D eigenvalue weighted by Crippen LogP contribution is 2.49. The van der Waals surface area contributed by atoms with Gasteiger partial charge >= 0.3 is 0 Å². The number of furan rings is 1. The van der Waals surface area contributed by atoms with Crippen molar-refractivity contribution in [1.82, 2.24) is 9.55 Å². The number of rotatable bonds is 5. The molecule has 2 heterocycles. The molecule has 0 aliphatic rings. The second kappa shape index (κ2) is 12.2. The highest BCUT2D eigenvalue weighted by atomic mass is 16.3. The number of hydrogen-bond acceptors (Lipinski definition) is 2. The molecule has 9 aromatic carbocycles. The lowest BCUT2D eigenvalue weighted by atomic mass is 9.83. The van der Waals surface area contributed by atoms with Crippen LogP contribution < -0.4 is 0 Å². The Balaban J connectivity index is 1.29. The zero-order valence-corrected chi connectivity index (χ0v) is 29.3. The van der Waals surface area contributed by atoms with Crippen molar-refractivity contribution in [2.45, 2.75) is 0 Å². The molecular weight excluding hydrogens is 657 g/mol. The van der Waals surface area contributed by atoms with Crippen LogP contribution in [0, 0.1) is 0 Å². The first-order valence-electron chi connectivity index (χ1n) is 18.4. The van der Waals surface area contributed by atoms with Gasteiger partial charge in [0.25, 0.3) is 0 Å². The Morgan fingerprint density at radius 2 is 0.981 bits per heavy atom. The monoisotopic (exact) mass is 688 g/mol. The Kier molecular flexibility index (Phi) is 6.86. The fourth-order valence-electron chi connectivity index (χ4n) is 8.48. The van der Waals surface area contributed by atoms with Crippen molar-refractivity contribution >= 4 is 54.5 Å². The van der Waals surface area contributed by atoms with E-state index in [0.717, 1.165) is 61.2 Å². The summed E-state index contributed by atoms with van der Waals surface area (Å²) in [6.07, 6.45) is 0. The molecule has 11 rings (SSSR count). The minimum Gasteiger partial charge on any atom is -0.456 e. The highest BCUT2D eigenvalue weighted by Gasteiger charge is 2.24. The molecule has 252 valence electrons. The number of hydrogen-bond donors (Lipinski definition) is 0. The molecule has 0 saturated carbocycles. The van der Waals surface area contributed by atoms with Crippen molar-refractivity contribution < 1.29 is 4.42 Å². The van der Waals surface area contributed by atoms with Crippen LogP contribution in [0.4, 0.5) is 0 Å². The summed E-state index contributed by atoms with van der Waals surface area (Å²) in [5.41, 5.74) is 13.0. The lowest BCUT2D eigenvalue weighted by molar-refractivity contribution is 0.669. The van der Waals surface area contributed by atoms with Crippen molar-refractivity contribution in [3.05, 3.63) is 194 Å². The van der Waals surface area contributed by atoms with Crippen molar-refractivity contribution in [2.24, 2.45) is 0 Å². The summed E-state index contributed by atoms with van der Waals surface area (Å²) in [7, 11) is 0. The van der Waals surface area contributed by atoms with Crippen molar-refractivity contribution in [2.75, 3.05) is 0 Å². The number of fused-ring (bicyclic) bond motifs is 6. The average Bonchev–Trinajstić information content (AvgIpc) is 3.82. The van der Waals surface area contributed by atoms with E-state index in [1.807, 2.05) is 6.07 Å². The lowest BCUT2D eigenvalue weighted by Crippen LogP contribution is -2.01. The molecule has 3 heteroatoms. The Bertz CT molecular complexity index is 3210. The molecule has 0 spiro atoms. The minimum absolute atomic E-state index is 0.889. The predicted molar refractivity (Wildman–Crippen MR) is 225 cm³/mol. The summed E-state index contributed by atoms with van der Waals surface area (Å²) < 4.78 is 8.79. The van der Waals surface area contributed by atoms with Crippen LogP contribution in [-0.4, -0.2) is 9.55 Å². The second-order valence-electron chi connectivity index (χ2n) is 13.8. The zero-order valence-electron chi connectivity index (χ0n) is 29.3. The fraction of sp³-hybridized carbons (Fsp3) is 0. The van der Waals surface area contributed by atoms with Crippen molar-refractivity contribution in [1.29, 1.82) is 0 Å². The van der Waals surface area contributed by atoms with E-state index in [2.05, 4.69) is 193 Å². The number of aromatic nitrogens is 2. The predicted octanol–water partition coefficient (Wildman–Crippen LogP) is 13.9. The summed E-state index contributed by atoms with van der Waals surface area (Å²) >= 11 is 0. The van der Waals surface area contributed by atoms with Crippen LogP contribution in [0.1, 0.15) is 0 Å². The van der Waals surface area contributed by atoms with Gasteiger partial charge in [-0.2, -0.15) is 0 Å². The minimum atomic E-state index is 0.889. The maximum Gasteiger partial charge on any atom is 0.145 e. The van der Waals surface area contributed by atoms with Gasteiger partial charge in [0.15, 0.2) is 0 Å². The zero-order chi connectivity index (χ0) is 35.6. The molecule has 0 bridgehead atoms. The normalized spacial score (nSPS) is 11.7. The molecule has 0 fully saturated rings. The SMILES string of the molecule is c1ccc(-c2ccc3c(-c4ccccc4-n4c(-c5ccccc5)nc5ccccc54)c4ccccc4c(-c4cccc5oc6ccccc6c45)c3c2)cc1. The first-order chi connectivity index (χ1) is 26.8. The fourth-order valence-corrected chi connectivity index (χ4v) is 8.48. The quantitative estimate of drug-likeness (QED) is 0.169. The highest BCUT2D eigenvalue weighted by molar-refractivity contribution is 6.26. The van der Waals surface area contributed by atoms with Gasteiger partial charge in [0.05, 0.1) is 16.7 Å². The van der Waals surface area contributed by atoms with E-state index in [9.17, 15) is 0 Å². The van der Waals surface area contributed by atoms with Gasteiger partial charge in [-0.25, -0.2) is 4.98 Å². The molecule has 0 atom stereocenters. The van der Waals surface area contributed by atoms with Gasteiger partial charge in [-0.3, -0.25) is 4.57 Å². The first kappa shape index (κ1) is 30.4. The Labute approximate surface area is 312 Å². The molecule has 11 aromatic rings. The van der Waals surface area contributed by atoms with E-state index >= 15 is 0 Å². The molecule has 0 saturated heterocycles. The average molecular weight is 689 g/mol. The summed E-state index contributed by atoms with van der Waals surface area (Å²) in [5, 5.41) is 7.01. The number of imidazole rings is 1. The van der Waals surface area contributed by atoms with E-state index in [1.54, 1.807) is 0 Å². The second-order valence-corrected chi connectivity index (χ2v) is 13.8. The molecule has 2 aromatic heterocycles. The van der Waals surface area contributed by atoms with Crippen LogP contribution in [0.2, 0.25) is 0 Å². The third-order valence-corrected chi connectivity index (χ3v) is 10.8. The van der Waals surface area contributed by atoms with E-state index in [4.69, 9.17) is 9.40 Å². The van der Waals surface area contributed by atoms with E-state index < -0.39 is 0 Å². The van der Waals surface area contributed by atoms with Crippen LogP contribution in [0.3, 0.4) is 0 Å². The van der Waals surface area contributed by atoms with Crippen LogP contribution in [0.15, 0.2) is 199 Å². The number of benzene rings is 9. The lowest BCUT2D eigenvalue weighted by Gasteiger charge is -2.21. The van der Waals surface area contributed by atoms with Crippen LogP contribution in [-0.2, 0) is 0 Å². The maximum absolute atomic E-state index is 6.46.